The molecule has 0 bridgehead atoms. The van der Waals surface area contributed by atoms with Crippen LogP contribution >= 0.6 is 23.5 Å². The summed E-state index contributed by atoms with van der Waals surface area (Å²) in [5, 5.41) is 0. The minimum atomic E-state index is -3.26. The molecule has 0 radical (unpaired) electrons. The van der Waals surface area contributed by atoms with Crippen molar-refractivity contribution in [3.63, 3.8) is 0 Å². The van der Waals surface area contributed by atoms with E-state index >= 15 is 0 Å². The molecule has 94 valence electrons. The smallest absolute Gasteiger partial charge is 0.302 e. The molecule has 0 N–H and O–H groups in total. The van der Waals surface area contributed by atoms with Crippen LogP contribution in [0, 0.1) is 0 Å². The molecule has 0 amide bonds. The summed E-state index contributed by atoms with van der Waals surface area (Å²) in [4.78, 5) is 0. The van der Waals surface area contributed by atoms with Crippen molar-refractivity contribution in [2.75, 3.05) is 0 Å². The molecule has 0 fully saturated rings. The van der Waals surface area contributed by atoms with E-state index in [2.05, 4.69) is 22.5 Å². The van der Waals surface area contributed by atoms with Gasteiger partial charge in [-0.15, -0.1) is 0 Å². The number of allylic oxidation sites excluding steroid dienone is 2. The van der Waals surface area contributed by atoms with Crippen molar-refractivity contribution >= 4 is 23.5 Å². The minimum Gasteiger partial charge on any atom is -0.302 e. The van der Waals surface area contributed by atoms with E-state index in [-0.39, 0.29) is 12.2 Å². The summed E-state index contributed by atoms with van der Waals surface area (Å²) >= 11 is 3.25. The summed E-state index contributed by atoms with van der Waals surface area (Å²) in [5.74, 6) is 0. The lowest BCUT2D eigenvalue weighted by Gasteiger charge is -2.22. The van der Waals surface area contributed by atoms with Crippen LogP contribution in [-0.4, -0.2) is 12.2 Å². The summed E-state index contributed by atoms with van der Waals surface area (Å²) in [6, 6.07) is 0. The van der Waals surface area contributed by atoms with Crippen LogP contribution in [0.25, 0.3) is 0 Å². The molecule has 0 rings (SSSR count). The molecule has 0 aromatic heterocycles. The fraction of sp³-hybridized carbons (Fsp3) is 0.636. The first-order valence-corrected chi connectivity index (χ1v) is 7.51. The molecule has 0 unspecified atom stereocenters. The highest BCUT2D eigenvalue weighted by Gasteiger charge is 2.31. The average molecular weight is 311 g/mol. The van der Waals surface area contributed by atoms with E-state index in [9.17, 15) is 4.57 Å². The molecule has 0 aliphatic rings. The SMILES string of the molecule is C=C(C)/C=C(\Br)P(=O)(OC(C)C)OC(C)C. The zero-order chi connectivity index (χ0) is 12.9. The Labute approximate surface area is 107 Å². The van der Waals surface area contributed by atoms with Crippen molar-refractivity contribution in [2.24, 2.45) is 0 Å². The van der Waals surface area contributed by atoms with E-state index < -0.39 is 7.60 Å². The van der Waals surface area contributed by atoms with Gasteiger partial charge >= 0.3 is 7.60 Å². The quantitative estimate of drug-likeness (QED) is 0.520. The second-order valence-corrected chi connectivity index (χ2v) is 7.48. The molecule has 3 nitrogen and oxygen atoms in total. The molecule has 0 spiro atoms. The van der Waals surface area contributed by atoms with Gasteiger partial charge in [-0.3, -0.25) is 4.57 Å². The van der Waals surface area contributed by atoms with Crippen molar-refractivity contribution < 1.29 is 13.6 Å². The standard InChI is InChI=1S/C11H20BrO3P/c1-8(2)7-11(12)16(13,14-9(3)4)15-10(5)6/h7,9-10H,1H2,2-6H3/b11-7+. The van der Waals surface area contributed by atoms with Crippen molar-refractivity contribution in [2.45, 2.75) is 46.8 Å². The van der Waals surface area contributed by atoms with Gasteiger partial charge in [-0.25, -0.2) is 0 Å². The molecule has 0 atom stereocenters. The van der Waals surface area contributed by atoms with Crippen LogP contribution in [0.3, 0.4) is 0 Å². The van der Waals surface area contributed by atoms with E-state index in [0.29, 0.717) is 4.22 Å². The first-order chi connectivity index (χ1) is 7.17. The fourth-order valence-corrected chi connectivity index (χ4v) is 3.60. The molecular weight excluding hydrogens is 291 g/mol. The maximum atomic E-state index is 12.5. The fourth-order valence-electron chi connectivity index (χ4n) is 0.963. The van der Waals surface area contributed by atoms with E-state index in [1.165, 1.54) is 0 Å². The molecule has 0 aliphatic carbocycles. The van der Waals surface area contributed by atoms with Crippen LogP contribution in [0.2, 0.25) is 0 Å². The van der Waals surface area contributed by atoms with Gasteiger partial charge in [-0.05, 0) is 56.6 Å². The van der Waals surface area contributed by atoms with E-state index in [0.717, 1.165) is 5.57 Å². The highest BCUT2D eigenvalue weighted by Crippen LogP contribution is 2.60. The molecule has 16 heavy (non-hydrogen) atoms. The lowest BCUT2D eigenvalue weighted by molar-refractivity contribution is 0.149. The van der Waals surface area contributed by atoms with Gasteiger partial charge in [0, 0.05) is 0 Å². The van der Waals surface area contributed by atoms with Gasteiger partial charge in [0.15, 0.2) is 0 Å². The number of hydrogen-bond acceptors (Lipinski definition) is 3. The molecule has 5 heteroatoms. The Bertz CT molecular complexity index is 307. The lowest BCUT2D eigenvalue weighted by Crippen LogP contribution is -2.07. The number of hydrogen-bond donors (Lipinski definition) is 0. The molecule has 0 aromatic carbocycles. The Hall–Kier alpha value is 0.110. The van der Waals surface area contributed by atoms with Gasteiger partial charge in [0.2, 0.25) is 0 Å². The van der Waals surface area contributed by atoms with Crippen LogP contribution in [0.5, 0.6) is 0 Å². The summed E-state index contributed by atoms with van der Waals surface area (Å²) in [6.07, 6.45) is 1.32. The second kappa shape index (κ2) is 6.75. The van der Waals surface area contributed by atoms with E-state index in [1.54, 1.807) is 6.08 Å². The Morgan fingerprint density at radius 3 is 1.88 bits per heavy atom. The topological polar surface area (TPSA) is 35.5 Å². The molecular formula is C11H20BrO3P. The highest BCUT2D eigenvalue weighted by atomic mass is 79.9. The van der Waals surface area contributed by atoms with Crippen molar-refractivity contribution in [1.82, 2.24) is 0 Å². The number of rotatable bonds is 6. The van der Waals surface area contributed by atoms with E-state index in [1.807, 2.05) is 34.6 Å². The Morgan fingerprint density at radius 1 is 1.25 bits per heavy atom. The van der Waals surface area contributed by atoms with Crippen molar-refractivity contribution in [3.05, 3.63) is 22.5 Å². The van der Waals surface area contributed by atoms with Gasteiger partial charge in [0.25, 0.3) is 0 Å². The Kier molecular flexibility index (Phi) is 6.80. The van der Waals surface area contributed by atoms with Gasteiger partial charge in [0.1, 0.15) is 4.22 Å². The van der Waals surface area contributed by atoms with Crippen LogP contribution in [0.4, 0.5) is 0 Å². The Morgan fingerprint density at radius 2 is 1.62 bits per heavy atom. The summed E-state index contributed by atoms with van der Waals surface area (Å²) < 4.78 is 23.7. The average Bonchev–Trinajstić information content (AvgIpc) is 1.98. The van der Waals surface area contributed by atoms with E-state index in [4.69, 9.17) is 9.05 Å². The monoisotopic (exact) mass is 310 g/mol. The third kappa shape index (κ3) is 6.00. The first kappa shape index (κ1) is 16.1. The second-order valence-electron chi connectivity index (χ2n) is 4.12. The molecule has 0 heterocycles. The first-order valence-electron chi connectivity index (χ1n) is 5.17. The van der Waals surface area contributed by atoms with Crippen molar-refractivity contribution in [3.8, 4) is 0 Å². The summed E-state index contributed by atoms with van der Waals surface area (Å²) in [7, 11) is -3.26. The summed E-state index contributed by atoms with van der Waals surface area (Å²) in [5.41, 5.74) is 0.784. The third-order valence-corrected chi connectivity index (χ3v) is 4.91. The van der Waals surface area contributed by atoms with Gasteiger partial charge in [-0.1, -0.05) is 12.2 Å². The molecule has 0 aromatic rings. The molecule has 0 saturated heterocycles. The lowest BCUT2D eigenvalue weighted by atomic mass is 10.4. The van der Waals surface area contributed by atoms with Crippen molar-refractivity contribution in [1.29, 1.82) is 0 Å². The largest absolute Gasteiger partial charge is 0.368 e. The number of halogens is 1. The zero-order valence-corrected chi connectivity index (χ0v) is 13.0. The normalized spacial score (nSPS) is 13.6. The van der Waals surface area contributed by atoms with Crippen LogP contribution in [-0.2, 0) is 13.6 Å². The predicted molar refractivity (Wildman–Crippen MR) is 71.9 cm³/mol. The Balaban J connectivity index is 5.07. The molecule has 0 aliphatic heterocycles. The predicted octanol–water partition coefficient (Wildman–Crippen LogP) is 4.84. The van der Waals surface area contributed by atoms with Gasteiger partial charge in [0.05, 0.1) is 12.2 Å². The third-order valence-electron chi connectivity index (χ3n) is 1.33. The maximum Gasteiger partial charge on any atom is 0.368 e. The van der Waals surface area contributed by atoms with Crippen LogP contribution in [0.15, 0.2) is 22.5 Å². The van der Waals surface area contributed by atoms with Crippen LogP contribution < -0.4 is 0 Å². The van der Waals surface area contributed by atoms with Gasteiger partial charge < -0.3 is 9.05 Å². The summed E-state index contributed by atoms with van der Waals surface area (Å²) in [6.45, 7) is 12.8. The zero-order valence-electron chi connectivity index (χ0n) is 10.5. The maximum absolute atomic E-state index is 12.5. The molecule has 0 saturated carbocycles. The van der Waals surface area contributed by atoms with Crippen LogP contribution in [0.1, 0.15) is 34.6 Å². The van der Waals surface area contributed by atoms with Gasteiger partial charge in [-0.2, -0.15) is 0 Å². The highest BCUT2D eigenvalue weighted by molar-refractivity contribution is 9.13. The minimum absolute atomic E-state index is 0.171.